The number of amides is 2. The second-order valence-corrected chi connectivity index (χ2v) is 6.02. The van der Waals surface area contributed by atoms with Gasteiger partial charge in [-0.3, -0.25) is 4.98 Å². The molecule has 5 heteroatoms. The molecule has 2 rings (SSSR count). The lowest BCUT2D eigenvalue weighted by Crippen LogP contribution is -2.44. The van der Waals surface area contributed by atoms with Crippen LogP contribution in [0.2, 0.25) is 0 Å². The van der Waals surface area contributed by atoms with Crippen LogP contribution in [-0.2, 0) is 19.9 Å². The van der Waals surface area contributed by atoms with Crippen molar-refractivity contribution in [3.05, 3.63) is 53.6 Å². The molecule has 2 aromatic rings. The summed E-state index contributed by atoms with van der Waals surface area (Å²) in [6.45, 7) is 4.73. The summed E-state index contributed by atoms with van der Waals surface area (Å²) >= 11 is 0. The van der Waals surface area contributed by atoms with Gasteiger partial charge in [0, 0.05) is 63.3 Å². The van der Waals surface area contributed by atoms with Gasteiger partial charge in [-0.25, -0.2) is 4.79 Å². The number of hydrogen-bond donors (Lipinski definition) is 1. The smallest absolute Gasteiger partial charge is 0.317 e. The van der Waals surface area contributed by atoms with E-state index in [9.17, 15) is 4.79 Å². The summed E-state index contributed by atoms with van der Waals surface area (Å²) in [6.07, 6.45) is 5.40. The lowest BCUT2D eigenvalue weighted by atomic mass is 10.1. The highest BCUT2D eigenvalue weighted by Crippen LogP contribution is 2.09. The Balaban J connectivity index is 1.81. The second kappa shape index (κ2) is 7.81. The maximum Gasteiger partial charge on any atom is 0.317 e. The Morgan fingerprint density at radius 3 is 2.83 bits per heavy atom. The molecule has 0 radical (unpaired) electrons. The van der Waals surface area contributed by atoms with E-state index >= 15 is 0 Å². The zero-order chi connectivity index (χ0) is 16.8. The summed E-state index contributed by atoms with van der Waals surface area (Å²) in [7, 11) is 3.85. The van der Waals surface area contributed by atoms with E-state index in [2.05, 4.69) is 33.9 Å². The number of aromatic nitrogens is 2. The maximum absolute atomic E-state index is 12.3. The Labute approximate surface area is 138 Å². The highest BCUT2D eigenvalue weighted by molar-refractivity contribution is 5.74. The number of nitrogens with one attached hydrogen (secondary N) is 1. The predicted octanol–water partition coefficient (Wildman–Crippen LogP) is 2.54. The molecule has 0 aromatic carbocycles. The minimum absolute atomic E-state index is 0.0414. The number of carbonyl (C=O) groups is 1. The fourth-order valence-electron chi connectivity index (χ4n) is 2.53. The number of likely N-dealkylation sites (N-methyl/N-ethyl adjacent to an activating group) is 1. The average molecular weight is 314 g/mol. The normalized spacial score (nSPS) is 12.0. The van der Waals surface area contributed by atoms with Crippen LogP contribution in [0.15, 0.2) is 36.7 Å². The molecule has 2 heterocycles. The van der Waals surface area contributed by atoms with Crippen molar-refractivity contribution in [1.82, 2.24) is 19.8 Å². The van der Waals surface area contributed by atoms with Gasteiger partial charge in [0.05, 0.1) is 0 Å². The third-order valence-corrected chi connectivity index (χ3v) is 4.30. The first-order valence-corrected chi connectivity index (χ1v) is 8.00. The Kier molecular flexibility index (Phi) is 5.79. The zero-order valence-electron chi connectivity index (χ0n) is 14.4. The zero-order valence-corrected chi connectivity index (χ0v) is 14.4. The van der Waals surface area contributed by atoms with Crippen LogP contribution in [0.4, 0.5) is 4.79 Å². The monoisotopic (exact) mass is 314 g/mol. The molecule has 0 spiro atoms. The Hall–Kier alpha value is -2.30. The van der Waals surface area contributed by atoms with Crippen molar-refractivity contribution in [2.45, 2.75) is 32.7 Å². The first kappa shape index (κ1) is 17.1. The summed E-state index contributed by atoms with van der Waals surface area (Å²) in [6, 6.07) is 8.13. The topological polar surface area (TPSA) is 50.2 Å². The summed E-state index contributed by atoms with van der Waals surface area (Å²) in [4.78, 5) is 18.4. The lowest BCUT2D eigenvalue weighted by molar-refractivity contribution is 0.193. The summed E-state index contributed by atoms with van der Waals surface area (Å²) in [5.41, 5.74) is 3.42. The van der Waals surface area contributed by atoms with Crippen LogP contribution in [-0.4, -0.2) is 40.1 Å². The van der Waals surface area contributed by atoms with E-state index in [0.717, 1.165) is 24.1 Å². The molecule has 5 nitrogen and oxygen atoms in total. The van der Waals surface area contributed by atoms with Gasteiger partial charge in [-0.05, 0) is 37.6 Å². The molecule has 0 aliphatic rings. The van der Waals surface area contributed by atoms with Crippen LogP contribution in [0.1, 0.15) is 23.9 Å². The predicted molar refractivity (Wildman–Crippen MR) is 92.4 cm³/mol. The van der Waals surface area contributed by atoms with Crippen molar-refractivity contribution < 1.29 is 4.79 Å². The molecule has 2 aromatic heterocycles. The standard InChI is InChI=1S/C18H26N4O/c1-14-7-5-10-19-17(14)13-15(2)22(4)18(23)20-11-9-16-8-6-12-21(16)3/h5-8,10,12,15H,9,11,13H2,1-4H3,(H,20,23)/t15-/m1/s1. The van der Waals surface area contributed by atoms with Crippen molar-refractivity contribution in [2.75, 3.05) is 13.6 Å². The molecule has 0 fully saturated rings. The van der Waals surface area contributed by atoms with Gasteiger partial charge in [0.1, 0.15) is 0 Å². The van der Waals surface area contributed by atoms with Gasteiger partial charge in [0.15, 0.2) is 0 Å². The molecule has 2 amide bonds. The summed E-state index contributed by atoms with van der Waals surface area (Å²) in [5, 5.41) is 2.98. The molecule has 0 saturated carbocycles. The van der Waals surface area contributed by atoms with Crippen molar-refractivity contribution in [3.63, 3.8) is 0 Å². The van der Waals surface area contributed by atoms with Crippen LogP contribution in [0.3, 0.4) is 0 Å². The molecular formula is C18H26N4O. The van der Waals surface area contributed by atoms with E-state index in [0.29, 0.717) is 6.54 Å². The minimum atomic E-state index is -0.0414. The van der Waals surface area contributed by atoms with Crippen LogP contribution in [0.25, 0.3) is 0 Å². The first-order chi connectivity index (χ1) is 11.0. The van der Waals surface area contributed by atoms with Crippen molar-refractivity contribution in [2.24, 2.45) is 7.05 Å². The van der Waals surface area contributed by atoms with E-state index in [-0.39, 0.29) is 12.1 Å². The molecule has 23 heavy (non-hydrogen) atoms. The third kappa shape index (κ3) is 4.58. The maximum atomic E-state index is 12.3. The number of pyridine rings is 1. The number of nitrogens with zero attached hydrogens (tertiary/aromatic N) is 3. The van der Waals surface area contributed by atoms with Crippen LogP contribution < -0.4 is 5.32 Å². The summed E-state index contributed by atoms with van der Waals surface area (Å²) in [5.74, 6) is 0. The molecular weight excluding hydrogens is 288 g/mol. The number of aryl methyl sites for hydroxylation is 2. The highest BCUT2D eigenvalue weighted by Gasteiger charge is 2.17. The van der Waals surface area contributed by atoms with E-state index in [1.807, 2.05) is 39.3 Å². The van der Waals surface area contributed by atoms with E-state index in [4.69, 9.17) is 0 Å². The molecule has 0 saturated heterocycles. The number of carbonyl (C=O) groups excluding carboxylic acids is 1. The Morgan fingerprint density at radius 1 is 1.39 bits per heavy atom. The molecule has 0 aliphatic heterocycles. The van der Waals surface area contributed by atoms with E-state index in [1.54, 1.807) is 11.1 Å². The van der Waals surface area contributed by atoms with Crippen molar-refractivity contribution in [3.8, 4) is 0 Å². The molecule has 0 bridgehead atoms. The molecule has 124 valence electrons. The minimum Gasteiger partial charge on any atom is -0.354 e. The molecule has 1 N–H and O–H groups in total. The van der Waals surface area contributed by atoms with Gasteiger partial charge in [-0.1, -0.05) is 6.07 Å². The number of rotatable bonds is 6. The third-order valence-electron chi connectivity index (χ3n) is 4.30. The van der Waals surface area contributed by atoms with Crippen molar-refractivity contribution >= 4 is 6.03 Å². The van der Waals surface area contributed by atoms with E-state index < -0.39 is 0 Å². The largest absolute Gasteiger partial charge is 0.354 e. The average Bonchev–Trinajstić information content (AvgIpc) is 2.94. The fraction of sp³-hybridized carbons (Fsp3) is 0.444. The molecule has 1 atom stereocenters. The van der Waals surface area contributed by atoms with Gasteiger partial charge in [0.25, 0.3) is 0 Å². The summed E-state index contributed by atoms with van der Waals surface area (Å²) < 4.78 is 2.07. The van der Waals surface area contributed by atoms with Crippen LogP contribution in [0.5, 0.6) is 0 Å². The second-order valence-electron chi connectivity index (χ2n) is 6.02. The fourth-order valence-corrected chi connectivity index (χ4v) is 2.53. The Bertz CT molecular complexity index is 650. The molecule has 0 aliphatic carbocycles. The number of hydrogen-bond acceptors (Lipinski definition) is 2. The first-order valence-electron chi connectivity index (χ1n) is 8.00. The van der Waals surface area contributed by atoms with Crippen molar-refractivity contribution in [1.29, 1.82) is 0 Å². The van der Waals surface area contributed by atoms with Gasteiger partial charge in [-0.15, -0.1) is 0 Å². The van der Waals surface area contributed by atoms with Gasteiger partial charge >= 0.3 is 6.03 Å². The SMILES string of the molecule is Cc1cccnc1C[C@@H](C)N(C)C(=O)NCCc1cccn1C. The van der Waals surface area contributed by atoms with Crippen LogP contribution >= 0.6 is 0 Å². The molecule has 0 unspecified atom stereocenters. The van der Waals surface area contributed by atoms with Gasteiger partial charge < -0.3 is 14.8 Å². The van der Waals surface area contributed by atoms with E-state index in [1.165, 1.54) is 5.69 Å². The quantitative estimate of drug-likeness (QED) is 0.891. The Morgan fingerprint density at radius 2 is 2.17 bits per heavy atom. The van der Waals surface area contributed by atoms with Crippen LogP contribution in [0, 0.1) is 6.92 Å². The van der Waals surface area contributed by atoms with Gasteiger partial charge in [-0.2, -0.15) is 0 Å². The van der Waals surface area contributed by atoms with Gasteiger partial charge in [0.2, 0.25) is 0 Å². The highest BCUT2D eigenvalue weighted by atomic mass is 16.2. The number of urea groups is 1. The lowest BCUT2D eigenvalue weighted by Gasteiger charge is -2.25.